The zero-order valence-electron chi connectivity index (χ0n) is 11.6. The van der Waals surface area contributed by atoms with Gasteiger partial charge in [-0.1, -0.05) is 24.8 Å². The van der Waals surface area contributed by atoms with Crippen LogP contribution in [-0.4, -0.2) is 9.97 Å². The molecule has 0 spiro atoms. The van der Waals surface area contributed by atoms with Gasteiger partial charge in [-0.2, -0.15) is 0 Å². The van der Waals surface area contributed by atoms with Crippen molar-refractivity contribution in [3.05, 3.63) is 41.2 Å². The number of hydrogen-bond donors (Lipinski definition) is 1. The highest BCUT2D eigenvalue weighted by molar-refractivity contribution is 7.99. The van der Waals surface area contributed by atoms with Crippen molar-refractivity contribution in [1.82, 2.24) is 9.97 Å². The van der Waals surface area contributed by atoms with Gasteiger partial charge in [0.15, 0.2) is 0 Å². The van der Waals surface area contributed by atoms with Crippen molar-refractivity contribution in [2.24, 2.45) is 0 Å². The van der Waals surface area contributed by atoms with Crippen LogP contribution in [-0.2, 0) is 6.42 Å². The molecule has 0 amide bonds. The van der Waals surface area contributed by atoms with Gasteiger partial charge in [-0.05, 0) is 43.5 Å². The largest absolute Gasteiger partial charge is 0.384 e. The van der Waals surface area contributed by atoms with Gasteiger partial charge in [-0.3, -0.25) is 0 Å². The van der Waals surface area contributed by atoms with Gasteiger partial charge < -0.3 is 5.73 Å². The molecular weight excluding hydrogens is 254 g/mol. The molecule has 2 aromatic rings. The second kappa shape index (κ2) is 6.06. The SMILES string of the molecule is CCCc1nc(N)cc(Sc2ccc(C)c(C)c2)n1. The molecule has 0 aliphatic rings. The molecule has 1 aromatic carbocycles. The molecule has 19 heavy (non-hydrogen) atoms. The van der Waals surface area contributed by atoms with E-state index in [1.165, 1.54) is 16.0 Å². The number of nitrogens with two attached hydrogens (primary N) is 1. The minimum atomic E-state index is 0.546. The molecule has 2 rings (SSSR count). The third-order valence-electron chi connectivity index (χ3n) is 2.94. The van der Waals surface area contributed by atoms with Gasteiger partial charge in [-0.25, -0.2) is 9.97 Å². The van der Waals surface area contributed by atoms with Crippen LogP contribution in [0.3, 0.4) is 0 Å². The van der Waals surface area contributed by atoms with E-state index in [-0.39, 0.29) is 0 Å². The van der Waals surface area contributed by atoms with Crippen molar-refractivity contribution >= 4 is 17.6 Å². The van der Waals surface area contributed by atoms with E-state index in [0.29, 0.717) is 5.82 Å². The quantitative estimate of drug-likeness (QED) is 0.861. The summed E-state index contributed by atoms with van der Waals surface area (Å²) < 4.78 is 0. The zero-order valence-corrected chi connectivity index (χ0v) is 12.4. The van der Waals surface area contributed by atoms with Crippen LogP contribution >= 0.6 is 11.8 Å². The molecule has 2 N–H and O–H groups in total. The first kappa shape index (κ1) is 13.9. The number of benzene rings is 1. The fourth-order valence-electron chi connectivity index (χ4n) is 1.78. The molecule has 3 nitrogen and oxygen atoms in total. The molecule has 0 atom stereocenters. The minimum absolute atomic E-state index is 0.546. The Bertz CT molecular complexity index is 582. The Morgan fingerprint density at radius 2 is 1.89 bits per heavy atom. The second-order valence-corrected chi connectivity index (χ2v) is 5.74. The van der Waals surface area contributed by atoms with E-state index in [1.807, 2.05) is 6.07 Å². The van der Waals surface area contributed by atoms with E-state index in [1.54, 1.807) is 11.8 Å². The molecule has 0 aliphatic carbocycles. The predicted octanol–water partition coefficient (Wildman–Crippen LogP) is 3.78. The fourth-order valence-corrected chi connectivity index (χ4v) is 2.72. The third kappa shape index (κ3) is 3.70. The first-order valence-corrected chi connectivity index (χ1v) is 7.28. The standard InChI is InChI=1S/C15H19N3S/c1-4-5-14-17-13(16)9-15(18-14)19-12-7-6-10(2)11(3)8-12/h6-9H,4-5H2,1-3H3,(H2,16,17,18). The smallest absolute Gasteiger partial charge is 0.132 e. The van der Waals surface area contributed by atoms with Crippen molar-refractivity contribution in [2.45, 2.75) is 43.5 Å². The summed E-state index contributed by atoms with van der Waals surface area (Å²) in [7, 11) is 0. The van der Waals surface area contributed by atoms with E-state index >= 15 is 0 Å². The number of aromatic nitrogens is 2. The molecule has 100 valence electrons. The van der Waals surface area contributed by atoms with Gasteiger partial charge in [0.05, 0.1) is 0 Å². The maximum atomic E-state index is 5.83. The van der Waals surface area contributed by atoms with Crippen LogP contribution in [0.2, 0.25) is 0 Å². The summed E-state index contributed by atoms with van der Waals surface area (Å²) >= 11 is 1.63. The Kier molecular flexibility index (Phi) is 4.43. The van der Waals surface area contributed by atoms with Crippen LogP contribution in [0, 0.1) is 13.8 Å². The van der Waals surface area contributed by atoms with E-state index in [9.17, 15) is 0 Å². The van der Waals surface area contributed by atoms with Gasteiger partial charge in [0.25, 0.3) is 0 Å². The van der Waals surface area contributed by atoms with Crippen molar-refractivity contribution in [3.63, 3.8) is 0 Å². The maximum Gasteiger partial charge on any atom is 0.132 e. The summed E-state index contributed by atoms with van der Waals surface area (Å²) in [6.45, 7) is 6.35. The lowest BCUT2D eigenvalue weighted by atomic mass is 10.1. The molecule has 0 unspecified atom stereocenters. The number of nitrogen functional groups attached to an aromatic ring is 1. The molecule has 1 aromatic heterocycles. The monoisotopic (exact) mass is 273 g/mol. The molecule has 1 heterocycles. The van der Waals surface area contributed by atoms with Crippen molar-refractivity contribution in [3.8, 4) is 0 Å². The van der Waals surface area contributed by atoms with Gasteiger partial charge >= 0.3 is 0 Å². The molecule has 0 bridgehead atoms. The Hall–Kier alpha value is -1.55. The van der Waals surface area contributed by atoms with Crippen LogP contribution in [0.1, 0.15) is 30.3 Å². The highest BCUT2D eigenvalue weighted by Gasteiger charge is 2.05. The Morgan fingerprint density at radius 3 is 2.58 bits per heavy atom. The van der Waals surface area contributed by atoms with Gasteiger partial charge in [0, 0.05) is 17.4 Å². The highest BCUT2D eigenvalue weighted by Crippen LogP contribution is 2.28. The first-order chi connectivity index (χ1) is 9.08. The number of hydrogen-bond acceptors (Lipinski definition) is 4. The lowest BCUT2D eigenvalue weighted by Gasteiger charge is -2.07. The Labute approximate surface area is 118 Å². The summed E-state index contributed by atoms with van der Waals surface area (Å²) in [5, 5.41) is 0.916. The predicted molar refractivity (Wildman–Crippen MR) is 80.5 cm³/mol. The van der Waals surface area contributed by atoms with E-state index < -0.39 is 0 Å². The average Bonchev–Trinajstić information content (AvgIpc) is 2.33. The summed E-state index contributed by atoms with van der Waals surface area (Å²) in [6.07, 6.45) is 1.89. The molecule has 0 fully saturated rings. The van der Waals surface area contributed by atoms with Crippen LogP contribution in [0.25, 0.3) is 0 Å². The maximum absolute atomic E-state index is 5.83. The van der Waals surface area contributed by atoms with E-state index in [2.05, 4.69) is 48.9 Å². The van der Waals surface area contributed by atoms with Gasteiger partial charge in [0.2, 0.25) is 0 Å². The van der Waals surface area contributed by atoms with Gasteiger partial charge in [-0.15, -0.1) is 0 Å². The number of anilines is 1. The molecule has 0 aliphatic heterocycles. The topological polar surface area (TPSA) is 51.8 Å². The molecule has 0 radical (unpaired) electrons. The Balaban J connectivity index is 2.24. The van der Waals surface area contributed by atoms with Crippen LogP contribution < -0.4 is 5.73 Å². The summed E-state index contributed by atoms with van der Waals surface area (Å²) in [6, 6.07) is 8.26. The third-order valence-corrected chi connectivity index (χ3v) is 3.85. The molecule has 4 heteroatoms. The van der Waals surface area contributed by atoms with Crippen LogP contribution in [0.5, 0.6) is 0 Å². The average molecular weight is 273 g/mol. The summed E-state index contributed by atoms with van der Waals surface area (Å²) in [5.41, 5.74) is 8.43. The zero-order chi connectivity index (χ0) is 13.8. The van der Waals surface area contributed by atoms with E-state index in [0.717, 1.165) is 23.7 Å². The van der Waals surface area contributed by atoms with Crippen molar-refractivity contribution in [1.29, 1.82) is 0 Å². The Morgan fingerprint density at radius 1 is 1.11 bits per heavy atom. The first-order valence-electron chi connectivity index (χ1n) is 6.47. The fraction of sp³-hybridized carbons (Fsp3) is 0.333. The second-order valence-electron chi connectivity index (χ2n) is 4.65. The van der Waals surface area contributed by atoms with Crippen molar-refractivity contribution in [2.75, 3.05) is 5.73 Å². The molecule has 0 saturated heterocycles. The lowest BCUT2D eigenvalue weighted by molar-refractivity contribution is 0.813. The number of aryl methyl sites for hydroxylation is 3. The molecule has 0 saturated carbocycles. The minimum Gasteiger partial charge on any atom is -0.384 e. The summed E-state index contributed by atoms with van der Waals surface area (Å²) in [5.74, 6) is 1.37. The number of nitrogens with zero attached hydrogens (tertiary/aromatic N) is 2. The highest BCUT2D eigenvalue weighted by atomic mass is 32.2. The van der Waals surface area contributed by atoms with Crippen LogP contribution in [0.15, 0.2) is 34.2 Å². The van der Waals surface area contributed by atoms with Gasteiger partial charge in [0.1, 0.15) is 16.7 Å². The lowest BCUT2D eigenvalue weighted by Crippen LogP contribution is -2.00. The van der Waals surface area contributed by atoms with E-state index in [4.69, 9.17) is 5.73 Å². The number of rotatable bonds is 4. The molecular formula is C15H19N3S. The normalized spacial score (nSPS) is 10.7. The summed E-state index contributed by atoms with van der Waals surface area (Å²) in [4.78, 5) is 9.98. The van der Waals surface area contributed by atoms with Crippen molar-refractivity contribution < 1.29 is 0 Å². The van der Waals surface area contributed by atoms with Crippen LogP contribution in [0.4, 0.5) is 5.82 Å².